The van der Waals surface area contributed by atoms with E-state index >= 15 is 0 Å². The number of amides is 1. The average Bonchev–Trinajstić information content (AvgIpc) is 2.39. The molecule has 20 heavy (non-hydrogen) atoms. The Balaban J connectivity index is 2.69. The minimum Gasteiger partial charge on any atom is -0.504 e. The maximum absolute atomic E-state index is 11.6. The molecule has 1 rings (SSSR count). The van der Waals surface area contributed by atoms with Crippen molar-refractivity contribution < 1.29 is 24.9 Å². The van der Waals surface area contributed by atoms with Crippen LogP contribution in [0, 0.1) is 0 Å². The van der Waals surface area contributed by atoms with Crippen LogP contribution in [0.4, 0.5) is 0 Å². The van der Waals surface area contributed by atoms with Crippen LogP contribution in [0.2, 0.25) is 0 Å². The Kier molecular flexibility index (Phi) is 6.17. The molecule has 0 aromatic heterocycles. The van der Waals surface area contributed by atoms with Crippen molar-refractivity contribution in [3.63, 3.8) is 0 Å². The van der Waals surface area contributed by atoms with E-state index in [1.165, 1.54) is 30.0 Å². The van der Waals surface area contributed by atoms with E-state index in [0.717, 1.165) is 0 Å². The fourth-order valence-electron chi connectivity index (χ4n) is 1.59. The summed E-state index contributed by atoms with van der Waals surface area (Å²) < 4.78 is 0. The highest BCUT2D eigenvalue weighted by Gasteiger charge is 2.20. The number of thioether (sulfide) groups is 1. The van der Waals surface area contributed by atoms with Crippen LogP contribution in [0.15, 0.2) is 18.2 Å². The van der Waals surface area contributed by atoms with Gasteiger partial charge < -0.3 is 20.6 Å². The van der Waals surface area contributed by atoms with E-state index in [1.807, 2.05) is 6.26 Å². The maximum atomic E-state index is 11.6. The van der Waals surface area contributed by atoms with Gasteiger partial charge in [0.05, 0.1) is 0 Å². The van der Waals surface area contributed by atoms with E-state index in [-0.39, 0.29) is 30.2 Å². The summed E-state index contributed by atoms with van der Waals surface area (Å²) in [6, 6.07) is 2.99. The van der Waals surface area contributed by atoms with Crippen molar-refractivity contribution in [3.05, 3.63) is 23.8 Å². The fourth-order valence-corrected chi connectivity index (χ4v) is 1.98. The molecule has 0 saturated heterocycles. The highest BCUT2D eigenvalue weighted by atomic mass is 32.2. The molecule has 0 spiro atoms. The zero-order valence-electron chi connectivity index (χ0n) is 11.0. The lowest BCUT2D eigenvalue weighted by Gasteiger charge is -2.14. The van der Waals surface area contributed by atoms with Gasteiger partial charge in [-0.1, -0.05) is 6.07 Å². The number of carboxylic acid groups (broad SMARTS) is 1. The van der Waals surface area contributed by atoms with Crippen molar-refractivity contribution >= 4 is 23.6 Å². The molecule has 1 amide bonds. The molecule has 0 aliphatic rings. The molecule has 0 unspecified atom stereocenters. The molecule has 1 atom stereocenters. The number of hydrogen-bond donors (Lipinski definition) is 4. The van der Waals surface area contributed by atoms with Crippen LogP contribution in [0.5, 0.6) is 11.5 Å². The SMILES string of the molecule is CSCCC(=O)N[C@@H](Cc1ccc(O)c(O)c1)C(=O)O. The standard InChI is InChI=1S/C13H17NO5S/c1-20-5-4-12(17)14-9(13(18)19)6-8-2-3-10(15)11(16)7-8/h2-3,7,9,15-16H,4-6H2,1H3,(H,14,17)(H,18,19)/t9-/m0/s1. The summed E-state index contributed by atoms with van der Waals surface area (Å²) in [5.74, 6) is -1.44. The van der Waals surface area contributed by atoms with Gasteiger partial charge in [0.1, 0.15) is 6.04 Å². The molecule has 110 valence electrons. The molecule has 0 aliphatic heterocycles. The number of aliphatic carboxylic acids is 1. The number of rotatable bonds is 7. The van der Waals surface area contributed by atoms with Crippen LogP contribution < -0.4 is 5.32 Å². The molecular weight excluding hydrogens is 282 g/mol. The van der Waals surface area contributed by atoms with Gasteiger partial charge >= 0.3 is 5.97 Å². The fraction of sp³-hybridized carbons (Fsp3) is 0.385. The molecule has 0 bridgehead atoms. The second-order valence-corrected chi connectivity index (χ2v) is 5.21. The Morgan fingerprint density at radius 1 is 1.30 bits per heavy atom. The molecular formula is C13H17NO5S. The van der Waals surface area contributed by atoms with E-state index in [0.29, 0.717) is 11.3 Å². The van der Waals surface area contributed by atoms with E-state index in [9.17, 15) is 19.8 Å². The molecule has 6 nitrogen and oxygen atoms in total. The van der Waals surface area contributed by atoms with E-state index in [4.69, 9.17) is 5.11 Å². The van der Waals surface area contributed by atoms with Crippen molar-refractivity contribution in [1.29, 1.82) is 0 Å². The van der Waals surface area contributed by atoms with Crippen molar-refractivity contribution in [2.24, 2.45) is 0 Å². The Labute approximate surface area is 120 Å². The lowest BCUT2D eigenvalue weighted by molar-refractivity contribution is -0.141. The van der Waals surface area contributed by atoms with Crippen molar-refractivity contribution in [3.8, 4) is 11.5 Å². The van der Waals surface area contributed by atoms with Gasteiger partial charge in [0.25, 0.3) is 0 Å². The summed E-state index contributed by atoms with van der Waals surface area (Å²) in [5.41, 5.74) is 0.512. The molecule has 1 aromatic carbocycles. The Morgan fingerprint density at radius 3 is 2.55 bits per heavy atom. The topological polar surface area (TPSA) is 107 Å². The van der Waals surface area contributed by atoms with E-state index in [2.05, 4.69) is 5.32 Å². The Morgan fingerprint density at radius 2 is 2.00 bits per heavy atom. The van der Waals surface area contributed by atoms with Gasteiger partial charge in [-0.25, -0.2) is 4.79 Å². The third-order valence-corrected chi connectivity index (χ3v) is 3.26. The number of carbonyl (C=O) groups excluding carboxylic acids is 1. The first-order chi connectivity index (χ1) is 9.43. The summed E-state index contributed by atoms with van der Waals surface area (Å²) in [6.45, 7) is 0. The molecule has 0 heterocycles. The van der Waals surface area contributed by atoms with Crippen LogP contribution in [0.1, 0.15) is 12.0 Å². The molecule has 1 aromatic rings. The average molecular weight is 299 g/mol. The lowest BCUT2D eigenvalue weighted by atomic mass is 10.1. The van der Waals surface area contributed by atoms with Gasteiger partial charge in [-0.15, -0.1) is 0 Å². The summed E-state index contributed by atoms with van der Waals surface area (Å²) in [6.07, 6.45) is 2.15. The zero-order valence-corrected chi connectivity index (χ0v) is 11.8. The zero-order chi connectivity index (χ0) is 15.1. The number of carboxylic acids is 1. The maximum Gasteiger partial charge on any atom is 0.326 e. The van der Waals surface area contributed by atoms with Gasteiger partial charge in [0, 0.05) is 18.6 Å². The second kappa shape index (κ2) is 7.64. The van der Waals surface area contributed by atoms with Crippen LogP contribution >= 0.6 is 11.8 Å². The number of phenolic OH excluding ortho intramolecular Hbond substituents is 2. The van der Waals surface area contributed by atoms with Gasteiger partial charge in [-0.05, 0) is 24.0 Å². The van der Waals surface area contributed by atoms with Gasteiger partial charge in [0.2, 0.25) is 5.91 Å². The first-order valence-corrected chi connectivity index (χ1v) is 7.35. The molecule has 0 aliphatic carbocycles. The number of aromatic hydroxyl groups is 2. The van der Waals surface area contributed by atoms with Crippen LogP contribution in [0.3, 0.4) is 0 Å². The van der Waals surface area contributed by atoms with Crippen LogP contribution in [-0.4, -0.2) is 45.2 Å². The highest BCUT2D eigenvalue weighted by molar-refractivity contribution is 7.98. The minimum atomic E-state index is -1.14. The van der Waals surface area contributed by atoms with Crippen molar-refractivity contribution in [1.82, 2.24) is 5.32 Å². The van der Waals surface area contributed by atoms with Gasteiger partial charge in [-0.2, -0.15) is 11.8 Å². The third kappa shape index (κ3) is 5.00. The smallest absolute Gasteiger partial charge is 0.326 e. The highest BCUT2D eigenvalue weighted by Crippen LogP contribution is 2.25. The summed E-state index contributed by atoms with van der Waals surface area (Å²) in [4.78, 5) is 22.7. The molecule has 7 heteroatoms. The second-order valence-electron chi connectivity index (χ2n) is 4.23. The van der Waals surface area contributed by atoms with Gasteiger partial charge in [0.15, 0.2) is 11.5 Å². The summed E-state index contributed by atoms with van der Waals surface area (Å²) in [5, 5.41) is 30.1. The first kappa shape index (κ1) is 16.2. The predicted octanol–water partition coefficient (Wildman–Crippen LogP) is 0.963. The van der Waals surface area contributed by atoms with E-state index < -0.39 is 12.0 Å². The number of hydrogen-bond acceptors (Lipinski definition) is 5. The molecule has 0 fully saturated rings. The van der Waals surface area contributed by atoms with Crippen molar-refractivity contribution in [2.75, 3.05) is 12.0 Å². The Bertz CT molecular complexity index is 492. The molecule has 4 N–H and O–H groups in total. The third-order valence-electron chi connectivity index (χ3n) is 2.65. The molecule has 0 saturated carbocycles. The monoisotopic (exact) mass is 299 g/mol. The van der Waals surface area contributed by atoms with E-state index in [1.54, 1.807) is 0 Å². The normalized spacial score (nSPS) is 11.8. The number of benzene rings is 1. The predicted molar refractivity (Wildman–Crippen MR) is 76.0 cm³/mol. The quantitative estimate of drug-likeness (QED) is 0.559. The van der Waals surface area contributed by atoms with Crippen LogP contribution in [0.25, 0.3) is 0 Å². The molecule has 0 radical (unpaired) electrons. The summed E-state index contributed by atoms with van der Waals surface area (Å²) in [7, 11) is 0. The van der Waals surface area contributed by atoms with Gasteiger partial charge in [-0.3, -0.25) is 4.79 Å². The van der Waals surface area contributed by atoms with Crippen molar-refractivity contribution in [2.45, 2.75) is 18.9 Å². The van der Waals surface area contributed by atoms with Crippen LogP contribution in [-0.2, 0) is 16.0 Å². The number of nitrogens with one attached hydrogen (secondary N) is 1. The summed E-state index contributed by atoms with van der Waals surface area (Å²) >= 11 is 1.50. The Hall–Kier alpha value is -1.89. The number of carbonyl (C=O) groups is 2. The minimum absolute atomic E-state index is 0.0359. The first-order valence-electron chi connectivity index (χ1n) is 5.96. The number of phenols is 2. The lowest BCUT2D eigenvalue weighted by Crippen LogP contribution is -2.42. The largest absolute Gasteiger partial charge is 0.504 e.